The number of carbonyl (C=O) groups is 1. The molecule has 33 heavy (non-hydrogen) atoms. The van der Waals surface area contributed by atoms with Crippen LogP contribution < -0.4 is 10.2 Å². The number of anilines is 2. The van der Waals surface area contributed by atoms with E-state index in [9.17, 15) is 4.79 Å². The van der Waals surface area contributed by atoms with Crippen LogP contribution in [-0.2, 0) is 0 Å². The van der Waals surface area contributed by atoms with Crippen LogP contribution >= 0.6 is 0 Å². The molecule has 1 N–H and O–H groups in total. The van der Waals surface area contributed by atoms with Crippen molar-refractivity contribution in [3.8, 4) is 11.1 Å². The van der Waals surface area contributed by atoms with Crippen LogP contribution in [-0.4, -0.2) is 61.1 Å². The molecule has 2 saturated heterocycles. The highest BCUT2D eigenvalue weighted by Gasteiger charge is 2.30. The Bertz CT molecular complexity index is 1050. The molecular formula is C28H32N4O. The van der Waals surface area contributed by atoms with E-state index in [0.717, 1.165) is 68.9 Å². The second kappa shape index (κ2) is 10.1. The molecular weight excluding hydrogens is 408 g/mol. The molecule has 2 heterocycles. The van der Waals surface area contributed by atoms with E-state index in [0.29, 0.717) is 6.04 Å². The lowest BCUT2D eigenvalue weighted by molar-refractivity contribution is 0.108. The van der Waals surface area contributed by atoms with Gasteiger partial charge in [-0.05, 0) is 36.6 Å². The van der Waals surface area contributed by atoms with E-state index >= 15 is 0 Å². The zero-order valence-corrected chi connectivity index (χ0v) is 19.1. The van der Waals surface area contributed by atoms with Crippen LogP contribution in [0.15, 0.2) is 84.9 Å². The Hall–Kier alpha value is -3.31. The number of piperazine rings is 1. The molecule has 2 amide bonds. The number of nitrogens with one attached hydrogen (secondary N) is 1. The normalized spacial score (nSPS) is 19.3. The molecule has 0 unspecified atom stereocenters. The third kappa shape index (κ3) is 5.04. The van der Waals surface area contributed by atoms with Gasteiger partial charge in [-0.2, -0.15) is 0 Å². The third-order valence-electron chi connectivity index (χ3n) is 6.89. The Labute approximate surface area is 196 Å². The van der Waals surface area contributed by atoms with Gasteiger partial charge in [0.05, 0.1) is 5.69 Å². The first-order valence-corrected chi connectivity index (χ1v) is 12.0. The SMILES string of the molecule is O=C(Nc1ccccc1-c1ccccc1)N1CCC[C@@H](N2CCN(c3ccccc3)CC2)C1. The minimum Gasteiger partial charge on any atom is -0.369 e. The van der Waals surface area contributed by atoms with Crippen molar-refractivity contribution in [2.45, 2.75) is 18.9 Å². The minimum atomic E-state index is 0.00556. The fraction of sp³-hybridized carbons (Fsp3) is 0.321. The van der Waals surface area contributed by atoms with Crippen molar-refractivity contribution in [3.05, 3.63) is 84.9 Å². The quantitative estimate of drug-likeness (QED) is 0.608. The van der Waals surface area contributed by atoms with Crippen molar-refractivity contribution in [3.63, 3.8) is 0 Å². The highest BCUT2D eigenvalue weighted by molar-refractivity contribution is 5.94. The first kappa shape index (κ1) is 21.5. The third-order valence-corrected chi connectivity index (χ3v) is 6.89. The highest BCUT2D eigenvalue weighted by Crippen LogP contribution is 2.28. The molecule has 5 nitrogen and oxygen atoms in total. The number of para-hydroxylation sites is 2. The average molecular weight is 441 g/mol. The maximum absolute atomic E-state index is 13.2. The lowest BCUT2D eigenvalue weighted by Gasteiger charge is -2.43. The van der Waals surface area contributed by atoms with Crippen LogP contribution in [0, 0.1) is 0 Å². The Morgan fingerprint density at radius 3 is 2.18 bits per heavy atom. The number of benzene rings is 3. The van der Waals surface area contributed by atoms with E-state index in [1.54, 1.807) is 0 Å². The van der Waals surface area contributed by atoms with Gasteiger partial charge < -0.3 is 15.1 Å². The molecule has 2 fully saturated rings. The van der Waals surface area contributed by atoms with Gasteiger partial charge in [0.2, 0.25) is 0 Å². The lowest BCUT2D eigenvalue weighted by atomic mass is 10.0. The molecule has 5 rings (SSSR count). The highest BCUT2D eigenvalue weighted by atomic mass is 16.2. The number of hydrogen-bond acceptors (Lipinski definition) is 3. The van der Waals surface area contributed by atoms with Crippen molar-refractivity contribution in [2.24, 2.45) is 0 Å². The van der Waals surface area contributed by atoms with Crippen LogP contribution in [0.4, 0.5) is 16.2 Å². The Morgan fingerprint density at radius 2 is 1.42 bits per heavy atom. The Morgan fingerprint density at radius 1 is 0.758 bits per heavy atom. The zero-order valence-electron chi connectivity index (χ0n) is 19.1. The predicted octanol–water partition coefficient (Wildman–Crippen LogP) is 5.17. The molecule has 0 saturated carbocycles. The van der Waals surface area contributed by atoms with Crippen molar-refractivity contribution < 1.29 is 4.79 Å². The summed E-state index contributed by atoms with van der Waals surface area (Å²) in [7, 11) is 0. The maximum Gasteiger partial charge on any atom is 0.321 e. The number of rotatable bonds is 4. The van der Waals surface area contributed by atoms with Gasteiger partial charge >= 0.3 is 6.03 Å². The van der Waals surface area contributed by atoms with Crippen molar-refractivity contribution in [1.82, 2.24) is 9.80 Å². The summed E-state index contributed by atoms with van der Waals surface area (Å²) < 4.78 is 0. The number of hydrogen-bond donors (Lipinski definition) is 1. The molecule has 3 aromatic carbocycles. The van der Waals surface area contributed by atoms with E-state index < -0.39 is 0 Å². The standard InChI is InChI=1S/C28H32N4O/c33-28(29-27-16-8-7-15-26(27)23-10-3-1-4-11-23)32-17-9-14-25(22-32)31-20-18-30(19-21-31)24-12-5-2-6-13-24/h1-8,10-13,15-16,25H,9,14,17-22H2,(H,29,33)/t25-/m1/s1. The molecule has 1 atom stereocenters. The van der Waals surface area contributed by atoms with E-state index in [1.807, 2.05) is 41.3 Å². The summed E-state index contributed by atoms with van der Waals surface area (Å²) in [6.07, 6.45) is 2.22. The number of nitrogens with zero attached hydrogens (tertiary/aromatic N) is 3. The van der Waals surface area contributed by atoms with Crippen molar-refractivity contribution >= 4 is 17.4 Å². The molecule has 5 heteroatoms. The fourth-order valence-corrected chi connectivity index (χ4v) is 5.08. The van der Waals surface area contributed by atoms with Gasteiger partial charge in [-0.15, -0.1) is 0 Å². The second-order valence-corrected chi connectivity index (χ2v) is 8.94. The first-order chi connectivity index (χ1) is 16.3. The Balaban J connectivity index is 1.20. The van der Waals surface area contributed by atoms with Crippen LogP contribution in [0.2, 0.25) is 0 Å². The Kier molecular flexibility index (Phi) is 6.58. The second-order valence-electron chi connectivity index (χ2n) is 8.94. The first-order valence-electron chi connectivity index (χ1n) is 12.0. The van der Waals surface area contributed by atoms with Crippen LogP contribution in [0.25, 0.3) is 11.1 Å². The average Bonchev–Trinajstić information content (AvgIpc) is 2.90. The van der Waals surface area contributed by atoms with Crippen molar-refractivity contribution in [1.29, 1.82) is 0 Å². The number of carbonyl (C=O) groups excluding carboxylic acids is 1. The summed E-state index contributed by atoms with van der Waals surface area (Å²) in [4.78, 5) is 20.2. The van der Waals surface area contributed by atoms with Gasteiger partial charge in [-0.1, -0.05) is 66.7 Å². The van der Waals surface area contributed by atoms with Gasteiger partial charge in [0.1, 0.15) is 0 Å². The van der Waals surface area contributed by atoms with Gasteiger partial charge in [-0.3, -0.25) is 4.90 Å². The predicted molar refractivity (Wildman–Crippen MR) is 136 cm³/mol. The van der Waals surface area contributed by atoms with Gasteiger partial charge in [0.25, 0.3) is 0 Å². The topological polar surface area (TPSA) is 38.8 Å². The summed E-state index contributed by atoms with van der Waals surface area (Å²) in [6.45, 7) is 5.79. The monoisotopic (exact) mass is 440 g/mol. The number of urea groups is 1. The number of likely N-dealkylation sites (tertiary alicyclic amines) is 1. The van der Waals surface area contributed by atoms with Crippen LogP contribution in [0.3, 0.4) is 0 Å². The lowest BCUT2D eigenvalue weighted by Crippen LogP contribution is -2.56. The smallest absolute Gasteiger partial charge is 0.321 e. The van der Waals surface area contributed by atoms with E-state index in [2.05, 4.69) is 63.6 Å². The summed E-state index contributed by atoms with van der Waals surface area (Å²) in [5, 5.41) is 3.19. The van der Waals surface area contributed by atoms with Crippen molar-refractivity contribution in [2.75, 3.05) is 49.5 Å². The number of amides is 2. The molecule has 2 aliphatic heterocycles. The van der Waals surface area contributed by atoms with Gasteiger partial charge in [0.15, 0.2) is 0 Å². The van der Waals surface area contributed by atoms with E-state index in [1.165, 1.54) is 5.69 Å². The molecule has 0 spiro atoms. The molecule has 0 radical (unpaired) electrons. The fourth-order valence-electron chi connectivity index (χ4n) is 5.08. The summed E-state index contributed by atoms with van der Waals surface area (Å²) in [6, 6.07) is 29.4. The molecule has 2 aliphatic rings. The van der Waals surface area contributed by atoms with Crippen LogP contribution in [0.1, 0.15) is 12.8 Å². The van der Waals surface area contributed by atoms with Gasteiger partial charge in [0, 0.05) is 56.6 Å². The summed E-state index contributed by atoms with van der Waals surface area (Å²) in [5.41, 5.74) is 4.34. The molecule has 3 aromatic rings. The zero-order chi connectivity index (χ0) is 22.5. The largest absolute Gasteiger partial charge is 0.369 e. The van der Waals surface area contributed by atoms with E-state index in [-0.39, 0.29) is 6.03 Å². The summed E-state index contributed by atoms with van der Waals surface area (Å²) in [5.74, 6) is 0. The molecule has 0 bridgehead atoms. The van der Waals surface area contributed by atoms with Gasteiger partial charge in [-0.25, -0.2) is 4.79 Å². The summed E-state index contributed by atoms with van der Waals surface area (Å²) >= 11 is 0. The minimum absolute atomic E-state index is 0.00556. The molecule has 0 aliphatic carbocycles. The number of piperidine rings is 1. The molecule has 0 aromatic heterocycles. The van der Waals surface area contributed by atoms with Crippen LogP contribution in [0.5, 0.6) is 0 Å². The maximum atomic E-state index is 13.2. The van der Waals surface area contributed by atoms with E-state index in [4.69, 9.17) is 0 Å². The molecule has 170 valence electrons.